The predicted octanol–water partition coefficient (Wildman–Crippen LogP) is 1.37. The Labute approximate surface area is 165 Å². The molecule has 2 aliphatic rings. The summed E-state index contributed by atoms with van der Waals surface area (Å²) >= 11 is 1.66. The van der Waals surface area contributed by atoms with E-state index >= 15 is 0 Å². The Morgan fingerprint density at radius 2 is 2.15 bits per heavy atom. The number of hydrogen-bond donors (Lipinski definition) is 3. The maximum Gasteiger partial charge on any atom is 0.237 e. The van der Waals surface area contributed by atoms with E-state index in [4.69, 9.17) is 0 Å². The highest BCUT2D eigenvalue weighted by atomic mass is 35.5. The maximum absolute atomic E-state index is 12.1. The van der Waals surface area contributed by atoms with Gasteiger partial charge in [-0.25, -0.2) is 0 Å². The summed E-state index contributed by atoms with van der Waals surface area (Å²) in [6.45, 7) is 4.55. The van der Waals surface area contributed by atoms with E-state index < -0.39 is 0 Å². The Balaban J connectivity index is 0.00000243. The molecule has 6 nitrogen and oxygen atoms in total. The standard InChI is InChI=1S/C18H28N4O2S.ClH/c23-17(20-11-15-5-3-9-25-15)13-22-8-2-4-14(12-22)10-21-18(24)16-6-1-7-19-16;/h3,5,9,14,16,19H,1-2,4,6-8,10-13H2,(H,20,23)(H,21,24);1H. The molecule has 2 aliphatic heterocycles. The minimum absolute atomic E-state index is 0. The first-order chi connectivity index (χ1) is 12.2. The van der Waals surface area contributed by atoms with Gasteiger partial charge in [0.25, 0.3) is 0 Å². The molecule has 3 N–H and O–H groups in total. The van der Waals surface area contributed by atoms with Crippen LogP contribution in [-0.2, 0) is 16.1 Å². The van der Waals surface area contributed by atoms with Gasteiger partial charge in [0.05, 0.1) is 19.1 Å². The van der Waals surface area contributed by atoms with Crippen molar-refractivity contribution in [3.05, 3.63) is 22.4 Å². The molecule has 2 unspecified atom stereocenters. The summed E-state index contributed by atoms with van der Waals surface area (Å²) in [7, 11) is 0. The van der Waals surface area contributed by atoms with Crippen molar-refractivity contribution in [1.82, 2.24) is 20.9 Å². The second-order valence-corrected chi connectivity index (χ2v) is 8.03. The van der Waals surface area contributed by atoms with Crippen molar-refractivity contribution in [2.24, 2.45) is 5.92 Å². The highest BCUT2D eigenvalue weighted by Crippen LogP contribution is 2.16. The van der Waals surface area contributed by atoms with Gasteiger partial charge in [0.2, 0.25) is 11.8 Å². The summed E-state index contributed by atoms with van der Waals surface area (Å²) in [5, 5.41) is 11.3. The third-order valence-corrected chi connectivity index (χ3v) is 5.83. The summed E-state index contributed by atoms with van der Waals surface area (Å²) < 4.78 is 0. The summed E-state index contributed by atoms with van der Waals surface area (Å²) in [6, 6.07) is 4.02. The summed E-state index contributed by atoms with van der Waals surface area (Å²) in [5.41, 5.74) is 0. The normalized spacial score (nSPS) is 23.2. The van der Waals surface area contributed by atoms with E-state index in [2.05, 4.69) is 20.9 Å². The first kappa shape index (κ1) is 21.2. The van der Waals surface area contributed by atoms with Crippen LogP contribution >= 0.6 is 23.7 Å². The summed E-state index contributed by atoms with van der Waals surface area (Å²) in [5.74, 6) is 0.640. The van der Waals surface area contributed by atoms with Gasteiger partial charge < -0.3 is 16.0 Å². The van der Waals surface area contributed by atoms with Crippen LogP contribution in [0.1, 0.15) is 30.6 Å². The van der Waals surface area contributed by atoms with E-state index in [1.807, 2.05) is 17.5 Å². The minimum atomic E-state index is -0.0114. The molecule has 2 saturated heterocycles. The van der Waals surface area contributed by atoms with Crippen molar-refractivity contribution in [3.8, 4) is 0 Å². The van der Waals surface area contributed by atoms with Crippen LogP contribution in [0.25, 0.3) is 0 Å². The Bertz CT molecular complexity index is 564. The third kappa shape index (κ3) is 6.54. The van der Waals surface area contributed by atoms with Crippen LogP contribution in [0.15, 0.2) is 17.5 Å². The lowest BCUT2D eigenvalue weighted by Crippen LogP contribution is -2.47. The largest absolute Gasteiger partial charge is 0.354 e. The zero-order valence-corrected chi connectivity index (χ0v) is 16.7. The molecule has 2 atom stereocenters. The summed E-state index contributed by atoms with van der Waals surface area (Å²) in [4.78, 5) is 27.6. The van der Waals surface area contributed by atoms with E-state index in [0.29, 0.717) is 25.6 Å². The fourth-order valence-electron chi connectivity index (χ4n) is 3.60. The van der Waals surface area contributed by atoms with E-state index in [-0.39, 0.29) is 30.3 Å². The van der Waals surface area contributed by atoms with Gasteiger partial charge >= 0.3 is 0 Å². The van der Waals surface area contributed by atoms with Crippen LogP contribution < -0.4 is 16.0 Å². The van der Waals surface area contributed by atoms with Crippen molar-refractivity contribution in [3.63, 3.8) is 0 Å². The van der Waals surface area contributed by atoms with Crippen molar-refractivity contribution in [2.45, 2.75) is 38.3 Å². The van der Waals surface area contributed by atoms with Crippen molar-refractivity contribution in [1.29, 1.82) is 0 Å². The molecule has 0 bridgehead atoms. The Hall–Kier alpha value is -1.15. The zero-order valence-electron chi connectivity index (χ0n) is 15.0. The lowest BCUT2D eigenvalue weighted by atomic mass is 9.98. The number of likely N-dealkylation sites (tertiary alicyclic amines) is 1. The number of piperidine rings is 1. The number of nitrogens with zero attached hydrogens (tertiary/aromatic N) is 1. The topological polar surface area (TPSA) is 73.5 Å². The smallest absolute Gasteiger partial charge is 0.237 e. The summed E-state index contributed by atoms with van der Waals surface area (Å²) in [6.07, 6.45) is 4.22. The average molecular weight is 401 g/mol. The lowest BCUT2D eigenvalue weighted by molar-refractivity contribution is -0.124. The fraction of sp³-hybridized carbons (Fsp3) is 0.667. The van der Waals surface area contributed by atoms with Crippen LogP contribution in [0.3, 0.4) is 0 Å². The van der Waals surface area contributed by atoms with Crippen molar-refractivity contribution < 1.29 is 9.59 Å². The molecule has 3 rings (SSSR count). The first-order valence-electron chi connectivity index (χ1n) is 9.23. The first-order valence-corrected chi connectivity index (χ1v) is 10.1. The molecule has 1 aromatic rings. The number of carbonyl (C=O) groups is 2. The minimum Gasteiger partial charge on any atom is -0.354 e. The molecule has 0 spiro atoms. The molecule has 0 saturated carbocycles. The molecular weight excluding hydrogens is 372 g/mol. The average Bonchev–Trinajstić information content (AvgIpc) is 3.31. The molecule has 0 radical (unpaired) electrons. The quantitative estimate of drug-likeness (QED) is 0.646. The zero-order chi connectivity index (χ0) is 17.5. The Kier molecular flexibility index (Phi) is 8.84. The Morgan fingerprint density at radius 1 is 1.27 bits per heavy atom. The van der Waals surface area contributed by atoms with Crippen molar-refractivity contribution in [2.75, 3.05) is 32.7 Å². The number of hydrogen-bond acceptors (Lipinski definition) is 5. The maximum atomic E-state index is 12.1. The molecule has 1 aromatic heterocycles. The van der Waals surface area contributed by atoms with E-state index in [0.717, 1.165) is 45.3 Å². The van der Waals surface area contributed by atoms with Crippen LogP contribution in [0, 0.1) is 5.92 Å². The molecule has 0 aliphatic carbocycles. The van der Waals surface area contributed by atoms with Gasteiger partial charge in [-0.1, -0.05) is 6.07 Å². The number of nitrogens with one attached hydrogen (secondary N) is 3. The highest BCUT2D eigenvalue weighted by molar-refractivity contribution is 7.09. The number of rotatable bonds is 7. The second kappa shape index (κ2) is 10.9. The Morgan fingerprint density at radius 3 is 2.88 bits per heavy atom. The molecule has 2 amide bonds. The SMILES string of the molecule is Cl.O=C(CN1CCCC(CNC(=O)C2CCCN2)C1)NCc1cccs1. The molecule has 2 fully saturated rings. The molecule has 26 heavy (non-hydrogen) atoms. The number of thiophene rings is 1. The molecule has 8 heteroatoms. The van der Waals surface area contributed by atoms with E-state index in [1.54, 1.807) is 11.3 Å². The van der Waals surface area contributed by atoms with Gasteiger partial charge in [-0.2, -0.15) is 0 Å². The van der Waals surface area contributed by atoms with Gasteiger partial charge in [0.1, 0.15) is 0 Å². The predicted molar refractivity (Wildman–Crippen MR) is 107 cm³/mol. The van der Waals surface area contributed by atoms with Crippen LogP contribution in [0.2, 0.25) is 0 Å². The molecule has 0 aromatic carbocycles. The van der Waals surface area contributed by atoms with E-state index in [9.17, 15) is 9.59 Å². The van der Waals surface area contributed by atoms with Gasteiger partial charge in [0.15, 0.2) is 0 Å². The number of amides is 2. The van der Waals surface area contributed by atoms with Crippen molar-refractivity contribution >= 4 is 35.6 Å². The van der Waals surface area contributed by atoms with E-state index in [1.165, 1.54) is 4.88 Å². The van der Waals surface area contributed by atoms with Gasteiger partial charge in [0, 0.05) is 18.0 Å². The monoisotopic (exact) mass is 400 g/mol. The van der Waals surface area contributed by atoms with Gasteiger partial charge in [-0.15, -0.1) is 23.7 Å². The number of halogens is 1. The molecule has 3 heterocycles. The highest BCUT2D eigenvalue weighted by Gasteiger charge is 2.25. The third-order valence-electron chi connectivity index (χ3n) is 4.95. The van der Waals surface area contributed by atoms with Crippen LogP contribution in [0.5, 0.6) is 0 Å². The van der Waals surface area contributed by atoms with Crippen LogP contribution in [0.4, 0.5) is 0 Å². The van der Waals surface area contributed by atoms with Gasteiger partial charge in [-0.3, -0.25) is 14.5 Å². The lowest BCUT2D eigenvalue weighted by Gasteiger charge is -2.32. The fourth-order valence-corrected chi connectivity index (χ4v) is 4.24. The number of carbonyl (C=O) groups excluding carboxylic acids is 2. The van der Waals surface area contributed by atoms with Crippen LogP contribution in [-0.4, -0.2) is 55.5 Å². The second-order valence-electron chi connectivity index (χ2n) is 6.99. The van der Waals surface area contributed by atoms with Gasteiger partial charge in [-0.05, 0) is 56.1 Å². The molecular formula is C18H29ClN4O2S. The molecule has 146 valence electrons.